The molecular formula is C20H18F3N3O. The van der Waals surface area contributed by atoms with Crippen molar-refractivity contribution in [2.75, 3.05) is 11.4 Å². The van der Waals surface area contributed by atoms with Crippen molar-refractivity contribution in [2.45, 2.75) is 19.0 Å². The third-order valence-electron chi connectivity index (χ3n) is 4.31. The number of carbonyl (C=O) groups is 1. The van der Waals surface area contributed by atoms with Crippen LogP contribution in [0.3, 0.4) is 0 Å². The molecule has 2 N–H and O–H groups in total. The van der Waals surface area contributed by atoms with Gasteiger partial charge in [0.2, 0.25) is 0 Å². The largest absolute Gasteiger partial charge is 0.416 e. The number of carbonyl (C=O) groups excluding carboxylic acids is 1. The second-order valence-electron chi connectivity index (χ2n) is 6.14. The van der Waals surface area contributed by atoms with E-state index >= 15 is 0 Å². The van der Waals surface area contributed by atoms with E-state index in [0.29, 0.717) is 25.1 Å². The van der Waals surface area contributed by atoms with E-state index in [4.69, 9.17) is 5.73 Å². The Morgan fingerprint density at radius 1 is 1.04 bits per heavy atom. The fraction of sp³-hybridized carbons (Fsp3) is 0.200. The molecule has 0 radical (unpaired) electrons. The number of halogens is 3. The molecule has 4 nitrogen and oxygen atoms in total. The summed E-state index contributed by atoms with van der Waals surface area (Å²) in [6.07, 6.45) is -1.58. The Kier molecular flexibility index (Phi) is 5.30. The lowest BCUT2D eigenvalue weighted by atomic mass is 10.1. The maximum absolute atomic E-state index is 12.6. The average molecular weight is 373 g/mol. The molecule has 140 valence electrons. The molecule has 2 amide bonds. The number of fused-ring (bicyclic) bond motifs is 1. The lowest BCUT2D eigenvalue weighted by molar-refractivity contribution is -0.137. The van der Waals surface area contributed by atoms with Crippen molar-refractivity contribution in [1.82, 2.24) is 4.98 Å². The number of rotatable bonds is 5. The first-order valence-corrected chi connectivity index (χ1v) is 8.43. The van der Waals surface area contributed by atoms with Crippen LogP contribution in [0.15, 0.2) is 60.8 Å². The van der Waals surface area contributed by atoms with Gasteiger partial charge in [0.25, 0.3) is 0 Å². The van der Waals surface area contributed by atoms with Gasteiger partial charge in [-0.1, -0.05) is 18.2 Å². The average Bonchev–Trinajstić information content (AvgIpc) is 2.64. The second-order valence-corrected chi connectivity index (χ2v) is 6.14. The lowest BCUT2D eigenvalue weighted by Crippen LogP contribution is -2.36. The predicted octanol–water partition coefficient (Wildman–Crippen LogP) is 4.77. The minimum atomic E-state index is -4.34. The number of aromatic nitrogens is 1. The van der Waals surface area contributed by atoms with Gasteiger partial charge in [0, 0.05) is 18.1 Å². The molecule has 0 saturated carbocycles. The zero-order chi connectivity index (χ0) is 19.4. The fourth-order valence-electron chi connectivity index (χ4n) is 2.97. The minimum absolute atomic E-state index is 0.352. The van der Waals surface area contributed by atoms with Gasteiger partial charge in [0.05, 0.1) is 16.8 Å². The summed E-state index contributed by atoms with van der Waals surface area (Å²) in [4.78, 5) is 17.7. The van der Waals surface area contributed by atoms with Crippen LogP contribution in [0.4, 0.5) is 23.7 Å². The molecule has 0 aliphatic carbocycles. The number of pyridine rings is 1. The summed E-state index contributed by atoms with van der Waals surface area (Å²) in [5.74, 6) is 0. The maximum atomic E-state index is 12.6. The van der Waals surface area contributed by atoms with Crippen LogP contribution in [-0.2, 0) is 12.6 Å². The van der Waals surface area contributed by atoms with Crippen LogP contribution in [0, 0.1) is 0 Å². The number of aryl methyl sites for hydroxylation is 1. The number of alkyl halides is 3. The number of primary amides is 1. The first-order chi connectivity index (χ1) is 12.9. The van der Waals surface area contributed by atoms with Gasteiger partial charge in [-0.3, -0.25) is 9.88 Å². The van der Waals surface area contributed by atoms with Crippen LogP contribution in [-0.4, -0.2) is 17.6 Å². The van der Waals surface area contributed by atoms with E-state index in [2.05, 4.69) is 4.98 Å². The molecule has 1 aromatic heterocycles. The van der Waals surface area contributed by atoms with Crippen molar-refractivity contribution in [1.29, 1.82) is 0 Å². The molecule has 0 spiro atoms. The number of nitrogens with two attached hydrogens (primary N) is 1. The Morgan fingerprint density at radius 2 is 1.78 bits per heavy atom. The van der Waals surface area contributed by atoms with Gasteiger partial charge in [-0.2, -0.15) is 13.2 Å². The topological polar surface area (TPSA) is 59.2 Å². The summed E-state index contributed by atoms with van der Waals surface area (Å²) < 4.78 is 37.9. The van der Waals surface area contributed by atoms with Crippen molar-refractivity contribution < 1.29 is 18.0 Å². The van der Waals surface area contributed by atoms with E-state index in [-0.39, 0.29) is 0 Å². The highest BCUT2D eigenvalue weighted by Gasteiger charge is 2.29. The zero-order valence-corrected chi connectivity index (χ0v) is 14.4. The molecule has 3 aromatic rings. The number of anilines is 1. The molecule has 7 heteroatoms. The third kappa shape index (κ3) is 4.36. The van der Waals surface area contributed by atoms with Crippen molar-refractivity contribution in [3.8, 4) is 0 Å². The summed E-state index contributed by atoms with van der Waals surface area (Å²) in [5, 5.41) is 0.813. The molecule has 0 fully saturated rings. The molecule has 0 unspecified atom stereocenters. The zero-order valence-electron chi connectivity index (χ0n) is 14.4. The number of hydrogen-bond acceptors (Lipinski definition) is 2. The van der Waals surface area contributed by atoms with E-state index in [9.17, 15) is 18.0 Å². The summed E-state index contributed by atoms with van der Waals surface area (Å²) in [6.45, 7) is 0.352. The molecule has 0 bridgehead atoms. The third-order valence-corrected chi connectivity index (χ3v) is 4.31. The summed E-state index contributed by atoms with van der Waals surface area (Å²) in [6, 6.07) is 13.6. The fourth-order valence-corrected chi connectivity index (χ4v) is 2.97. The Balaban J connectivity index is 1.71. The molecule has 0 saturated heterocycles. The quantitative estimate of drug-likeness (QED) is 0.700. The van der Waals surface area contributed by atoms with Gasteiger partial charge in [-0.25, -0.2) is 4.79 Å². The predicted molar refractivity (Wildman–Crippen MR) is 98.4 cm³/mol. The monoisotopic (exact) mass is 373 g/mol. The number of amides is 2. The van der Waals surface area contributed by atoms with Gasteiger partial charge < -0.3 is 5.73 Å². The Morgan fingerprint density at radius 3 is 2.44 bits per heavy atom. The van der Waals surface area contributed by atoms with Crippen LogP contribution >= 0.6 is 0 Å². The highest BCUT2D eigenvalue weighted by molar-refractivity contribution is 6.01. The van der Waals surface area contributed by atoms with E-state index in [1.54, 1.807) is 24.4 Å². The standard InChI is InChI=1S/C20H18F3N3O/c21-20(22,23)15-10-8-14(9-11-15)4-3-13-26(19(24)27)18-7-1-6-17-16(18)5-2-12-25-17/h1-2,5-12H,3-4,13H2,(H2,24,27). The van der Waals surface area contributed by atoms with Crippen molar-refractivity contribution in [2.24, 2.45) is 5.73 Å². The van der Waals surface area contributed by atoms with Crippen molar-refractivity contribution in [3.63, 3.8) is 0 Å². The first kappa shape index (κ1) is 18.7. The summed E-state index contributed by atoms with van der Waals surface area (Å²) >= 11 is 0. The molecule has 2 aromatic carbocycles. The van der Waals surface area contributed by atoms with Gasteiger partial charge >= 0.3 is 12.2 Å². The minimum Gasteiger partial charge on any atom is -0.351 e. The van der Waals surface area contributed by atoms with E-state index < -0.39 is 17.8 Å². The molecule has 3 rings (SSSR count). The van der Waals surface area contributed by atoms with E-state index in [1.165, 1.54) is 17.0 Å². The summed E-state index contributed by atoms with van der Waals surface area (Å²) in [7, 11) is 0. The Labute approximate surface area is 154 Å². The Bertz CT molecular complexity index is 934. The van der Waals surface area contributed by atoms with Crippen LogP contribution in [0.25, 0.3) is 10.9 Å². The molecule has 27 heavy (non-hydrogen) atoms. The van der Waals surface area contributed by atoms with Gasteiger partial charge in [-0.05, 0) is 54.8 Å². The highest BCUT2D eigenvalue weighted by Crippen LogP contribution is 2.29. The van der Waals surface area contributed by atoms with Crippen molar-refractivity contribution >= 4 is 22.6 Å². The van der Waals surface area contributed by atoms with Crippen LogP contribution < -0.4 is 10.6 Å². The van der Waals surface area contributed by atoms with Crippen LogP contribution in [0.1, 0.15) is 17.5 Å². The molecule has 0 aliphatic heterocycles. The van der Waals surface area contributed by atoms with E-state index in [0.717, 1.165) is 28.6 Å². The van der Waals surface area contributed by atoms with Crippen LogP contribution in [0.2, 0.25) is 0 Å². The normalized spacial score (nSPS) is 11.5. The maximum Gasteiger partial charge on any atom is 0.416 e. The lowest BCUT2D eigenvalue weighted by Gasteiger charge is -2.22. The molecule has 0 atom stereocenters. The molecular weight excluding hydrogens is 355 g/mol. The molecule has 1 heterocycles. The highest BCUT2D eigenvalue weighted by atomic mass is 19.4. The number of urea groups is 1. The van der Waals surface area contributed by atoms with Crippen LogP contribution in [0.5, 0.6) is 0 Å². The van der Waals surface area contributed by atoms with Gasteiger partial charge in [0.15, 0.2) is 0 Å². The van der Waals surface area contributed by atoms with E-state index in [1.807, 2.05) is 12.1 Å². The Hall–Kier alpha value is -3.09. The number of benzene rings is 2. The summed E-state index contributed by atoms with van der Waals surface area (Å²) in [5.41, 5.74) is 7.07. The van der Waals surface area contributed by atoms with Crippen molar-refractivity contribution in [3.05, 3.63) is 71.9 Å². The second kappa shape index (κ2) is 7.65. The smallest absolute Gasteiger partial charge is 0.351 e. The van der Waals surface area contributed by atoms with Gasteiger partial charge in [0.1, 0.15) is 0 Å². The molecule has 0 aliphatic rings. The number of hydrogen-bond donors (Lipinski definition) is 1. The SMILES string of the molecule is NC(=O)N(CCCc1ccc(C(F)(F)F)cc1)c1cccc2ncccc12. The number of nitrogens with zero attached hydrogens (tertiary/aromatic N) is 2. The first-order valence-electron chi connectivity index (χ1n) is 8.43. The van der Waals surface area contributed by atoms with Gasteiger partial charge in [-0.15, -0.1) is 0 Å².